The first-order chi connectivity index (χ1) is 18.5. The second-order valence-electron chi connectivity index (χ2n) is 9.77. The molecule has 0 unspecified atom stereocenters. The number of unbranched alkanes of at least 4 members (excludes halogenated alkanes) is 1. The largest absolute Gasteiger partial charge is 0.494 e. The molecule has 0 aliphatic carbocycles. The van der Waals surface area contributed by atoms with Crippen LogP contribution in [-0.2, 0) is 9.59 Å². The van der Waals surface area contributed by atoms with Crippen LogP contribution in [0, 0.1) is 11.8 Å². The molecule has 0 radical (unpaired) electrons. The summed E-state index contributed by atoms with van der Waals surface area (Å²) in [7, 11) is 0. The summed E-state index contributed by atoms with van der Waals surface area (Å²) in [6, 6.07) is 19.8. The van der Waals surface area contributed by atoms with Gasteiger partial charge in [0.15, 0.2) is 5.78 Å². The third kappa shape index (κ3) is 3.89. The number of hydrogen-bond donors (Lipinski definition) is 0. The van der Waals surface area contributed by atoms with E-state index in [4.69, 9.17) is 16.3 Å². The fraction of sp³-hybridized carbons (Fsp3) is 0.267. The second kappa shape index (κ2) is 9.72. The van der Waals surface area contributed by atoms with E-state index in [1.165, 1.54) is 4.90 Å². The Bertz CT molecular complexity index is 1440. The molecule has 38 heavy (non-hydrogen) atoms. The number of carbonyl (C=O) groups excluding carboxylic acids is 3. The van der Waals surface area contributed by atoms with E-state index >= 15 is 0 Å². The van der Waals surface area contributed by atoms with Crippen LogP contribution >= 0.6 is 11.6 Å². The smallest absolute Gasteiger partial charge is 0.240 e. The highest BCUT2D eigenvalue weighted by molar-refractivity contribution is 6.30. The van der Waals surface area contributed by atoms with E-state index in [0.717, 1.165) is 24.0 Å². The number of benzene rings is 3. The zero-order valence-electron chi connectivity index (χ0n) is 20.8. The lowest BCUT2D eigenvalue weighted by Crippen LogP contribution is -2.44. The molecule has 6 rings (SSSR count). The van der Waals surface area contributed by atoms with Crippen molar-refractivity contribution in [3.63, 3.8) is 0 Å². The fourth-order valence-electron chi connectivity index (χ4n) is 5.73. The van der Waals surface area contributed by atoms with Gasteiger partial charge < -0.3 is 4.74 Å². The first-order valence-corrected chi connectivity index (χ1v) is 13.2. The van der Waals surface area contributed by atoms with Gasteiger partial charge in [-0.05, 0) is 66.1 Å². The molecule has 0 spiro atoms. The van der Waals surface area contributed by atoms with Crippen molar-refractivity contribution in [2.24, 2.45) is 16.9 Å². The summed E-state index contributed by atoms with van der Waals surface area (Å²) in [6.45, 7) is 2.70. The average molecular weight is 528 g/mol. The Morgan fingerprint density at radius 2 is 1.66 bits per heavy atom. The van der Waals surface area contributed by atoms with Gasteiger partial charge >= 0.3 is 0 Å². The van der Waals surface area contributed by atoms with Crippen LogP contribution in [0.3, 0.4) is 0 Å². The molecule has 3 heterocycles. The van der Waals surface area contributed by atoms with Gasteiger partial charge in [-0.1, -0.05) is 49.2 Å². The molecular formula is C30H26ClN3O4. The van der Waals surface area contributed by atoms with Crippen LogP contribution in [0.5, 0.6) is 5.75 Å². The lowest BCUT2D eigenvalue weighted by Gasteiger charge is -2.33. The maximum absolute atomic E-state index is 14.0. The van der Waals surface area contributed by atoms with Gasteiger partial charge in [-0.3, -0.25) is 19.4 Å². The van der Waals surface area contributed by atoms with Gasteiger partial charge in [0, 0.05) is 10.6 Å². The summed E-state index contributed by atoms with van der Waals surface area (Å²) in [5.74, 6) is -1.93. The summed E-state index contributed by atoms with van der Waals surface area (Å²) in [5, 5.41) is 6.76. The molecule has 3 aromatic rings. The number of hydrogen-bond acceptors (Lipinski definition) is 6. The van der Waals surface area contributed by atoms with Crippen LogP contribution in [0.15, 0.2) is 77.9 Å². The molecule has 0 N–H and O–H groups in total. The monoisotopic (exact) mass is 527 g/mol. The zero-order chi connectivity index (χ0) is 26.4. The van der Waals surface area contributed by atoms with E-state index in [1.807, 2.05) is 24.3 Å². The number of hydrazone groups is 1. The van der Waals surface area contributed by atoms with Crippen molar-refractivity contribution >= 4 is 41.1 Å². The third-order valence-electron chi connectivity index (χ3n) is 7.55. The number of imide groups is 1. The van der Waals surface area contributed by atoms with E-state index in [0.29, 0.717) is 28.6 Å². The van der Waals surface area contributed by atoms with E-state index in [9.17, 15) is 14.4 Å². The molecule has 4 atom stereocenters. The minimum absolute atomic E-state index is 0.265. The number of ether oxygens (including phenoxy) is 1. The number of fused-ring (bicyclic) bond motifs is 5. The lowest BCUT2D eigenvalue weighted by molar-refractivity contribution is -0.124. The van der Waals surface area contributed by atoms with Crippen molar-refractivity contribution < 1.29 is 19.1 Å². The van der Waals surface area contributed by atoms with Crippen molar-refractivity contribution in [2.75, 3.05) is 11.5 Å². The molecule has 8 heteroatoms. The van der Waals surface area contributed by atoms with Crippen LogP contribution < -0.4 is 9.64 Å². The summed E-state index contributed by atoms with van der Waals surface area (Å²) < 4.78 is 5.74. The molecule has 0 bridgehead atoms. The van der Waals surface area contributed by atoms with Gasteiger partial charge in [-0.15, -0.1) is 0 Å². The number of ketones is 1. The Kier molecular flexibility index (Phi) is 6.24. The van der Waals surface area contributed by atoms with Crippen molar-refractivity contribution in [3.05, 3.63) is 94.5 Å². The van der Waals surface area contributed by atoms with Gasteiger partial charge in [0.25, 0.3) is 0 Å². The second-order valence-corrected chi connectivity index (χ2v) is 10.2. The van der Waals surface area contributed by atoms with Gasteiger partial charge in [0.05, 0.1) is 36.4 Å². The van der Waals surface area contributed by atoms with E-state index in [2.05, 4.69) is 12.0 Å². The number of Topliss-reactive ketones (excluding diaryl/α,β-unsaturated/α-hetero) is 1. The molecular weight excluding hydrogens is 502 g/mol. The number of amides is 2. The highest BCUT2D eigenvalue weighted by atomic mass is 35.5. The predicted molar refractivity (Wildman–Crippen MR) is 145 cm³/mol. The number of nitrogens with zero attached hydrogens (tertiary/aromatic N) is 3. The number of halogens is 1. The molecule has 3 aliphatic rings. The minimum Gasteiger partial charge on any atom is -0.494 e. The fourth-order valence-corrected chi connectivity index (χ4v) is 5.86. The Morgan fingerprint density at radius 1 is 0.947 bits per heavy atom. The maximum atomic E-state index is 14.0. The molecule has 2 saturated heterocycles. The quantitative estimate of drug-likeness (QED) is 0.237. The topological polar surface area (TPSA) is 79.3 Å². The average Bonchev–Trinajstić information content (AvgIpc) is 3.41. The zero-order valence-corrected chi connectivity index (χ0v) is 21.5. The molecule has 2 fully saturated rings. The van der Waals surface area contributed by atoms with E-state index < -0.39 is 29.8 Å². The molecule has 3 aromatic carbocycles. The minimum atomic E-state index is -0.922. The SMILES string of the molecule is CCCCOc1ccc(N2C(=O)[C@@H]3[C@H](C2=O)[C@@H]2c4ccccc4C=NN2[C@H]3C(=O)c2ccc(Cl)cc2)cc1. The van der Waals surface area contributed by atoms with Gasteiger partial charge in [0.1, 0.15) is 11.8 Å². The van der Waals surface area contributed by atoms with Crippen molar-refractivity contribution in [2.45, 2.75) is 31.8 Å². The van der Waals surface area contributed by atoms with Gasteiger partial charge in [-0.2, -0.15) is 5.10 Å². The maximum Gasteiger partial charge on any atom is 0.240 e. The third-order valence-corrected chi connectivity index (χ3v) is 7.80. The Balaban J connectivity index is 1.39. The van der Waals surface area contributed by atoms with Crippen molar-refractivity contribution in [1.82, 2.24) is 5.01 Å². The number of anilines is 1. The molecule has 7 nitrogen and oxygen atoms in total. The normalized spacial score (nSPS) is 23.3. The molecule has 3 aliphatic heterocycles. The molecule has 192 valence electrons. The van der Waals surface area contributed by atoms with Crippen LogP contribution in [0.2, 0.25) is 5.02 Å². The van der Waals surface area contributed by atoms with Crippen LogP contribution in [-0.4, -0.2) is 41.5 Å². The van der Waals surface area contributed by atoms with E-state index in [1.54, 1.807) is 59.8 Å². The van der Waals surface area contributed by atoms with Crippen LogP contribution in [0.1, 0.15) is 47.3 Å². The van der Waals surface area contributed by atoms with E-state index in [-0.39, 0.29) is 11.7 Å². The number of rotatable bonds is 7. The van der Waals surface area contributed by atoms with Gasteiger partial charge in [-0.25, -0.2) is 4.90 Å². The highest BCUT2D eigenvalue weighted by Crippen LogP contribution is 2.53. The number of carbonyl (C=O) groups is 3. The van der Waals surface area contributed by atoms with Gasteiger partial charge in [0.2, 0.25) is 11.8 Å². The molecule has 0 aromatic heterocycles. The van der Waals surface area contributed by atoms with Crippen LogP contribution in [0.4, 0.5) is 5.69 Å². The first kappa shape index (κ1) is 24.4. The summed E-state index contributed by atoms with van der Waals surface area (Å²) in [6.07, 6.45) is 3.66. The Morgan fingerprint density at radius 3 is 2.39 bits per heavy atom. The molecule has 2 amide bonds. The van der Waals surface area contributed by atoms with Crippen molar-refractivity contribution in [3.8, 4) is 5.75 Å². The standard InChI is InChI=1S/C30H26ClN3O4/c1-2-3-16-38-22-14-12-21(13-15-22)33-29(36)24-25(30(33)37)27(28(35)18-8-10-20(31)11-9-18)34-26(24)23-7-5-4-6-19(23)17-32-34/h4-15,17,24-27H,2-3,16H2,1H3/t24-,25+,26-,27+/m0/s1. The summed E-state index contributed by atoms with van der Waals surface area (Å²) in [5.41, 5.74) is 2.64. The first-order valence-electron chi connectivity index (χ1n) is 12.8. The lowest BCUT2D eigenvalue weighted by atomic mass is 9.83. The summed E-state index contributed by atoms with van der Waals surface area (Å²) >= 11 is 6.05. The van der Waals surface area contributed by atoms with Crippen LogP contribution in [0.25, 0.3) is 0 Å². The van der Waals surface area contributed by atoms with Crippen molar-refractivity contribution in [1.29, 1.82) is 0 Å². The predicted octanol–water partition coefficient (Wildman–Crippen LogP) is 5.28. The summed E-state index contributed by atoms with van der Waals surface area (Å²) in [4.78, 5) is 43.0. The highest BCUT2D eigenvalue weighted by Gasteiger charge is 2.65. The Labute approximate surface area is 225 Å². The Hall–Kier alpha value is -3.97. The molecule has 0 saturated carbocycles.